The smallest absolute Gasteiger partial charge is 0.328 e. The molecule has 24 heavy (non-hydrogen) atoms. The summed E-state index contributed by atoms with van der Waals surface area (Å²) in [5, 5.41) is 4.73. The van der Waals surface area contributed by atoms with Gasteiger partial charge in [0.05, 0.1) is 16.6 Å². The molecule has 0 aliphatic carbocycles. The van der Waals surface area contributed by atoms with Gasteiger partial charge in [-0.05, 0) is 39.0 Å². The van der Waals surface area contributed by atoms with Crippen LogP contribution in [-0.2, 0) is 16.1 Å². The average molecular weight is 326 g/mol. The minimum atomic E-state index is -0.660. The summed E-state index contributed by atoms with van der Waals surface area (Å²) in [6.45, 7) is 5.42. The van der Waals surface area contributed by atoms with E-state index in [1.54, 1.807) is 35.9 Å². The summed E-state index contributed by atoms with van der Waals surface area (Å²) < 4.78 is 6.96. The molecule has 1 atom stereocenters. The lowest BCUT2D eigenvalue weighted by Crippen LogP contribution is -2.20. The van der Waals surface area contributed by atoms with Crippen LogP contribution in [0, 0.1) is 13.8 Å². The van der Waals surface area contributed by atoms with Gasteiger partial charge in [-0.3, -0.25) is 14.3 Å². The van der Waals surface area contributed by atoms with Crippen LogP contribution < -0.4 is 5.56 Å². The zero-order valence-electron chi connectivity index (χ0n) is 13.7. The van der Waals surface area contributed by atoms with Crippen LogP contribution in [0.3, 0.4) is 0 Å². The summed E-state index contributed by atoms with van der Waals surface area (Å²) in [5.74, 6) is -0.120. The number of fused-ring (bicyclic) bond motifs is 1. The van der Waals surface area contributed by atoms with Crippen LogP contribution in [0.15, 0.2) is 35.1 Å². The molecule has 0 bridgehead atoms. The maximum atomic E-state index is 12.1. The lowest BCUT2D eigenvalue weighted by Gasteiger charge is -2.13. The molecule has 0 fully saturated rings. The van der Waals surface area contributed by atoms with Gasteiger partial charge >= 0.3 is 5.97 Å². The standard InChI is InChI=1S/C17H18N4O3/c1-10-8-11(2)21(20-10)9-15(22)24-12(3)16-18-14-7-5-4-6-13(14)17(23)19-16/h4-8,12H,9H2,1-3H3,(H,18,19,23)/t12-/m1/s1. The van der Waals surface area contributed by atoms with E-state index in [9.17, 15) is 9.59 Å². The van der Waals surface area contributed by atoms with Gasteiger partial charge < -0.3 is 9.72 Å². The van der Waals surface area contributed by atoms with E-state index in [-0.39, 0.29) is 12.1 Å². The normalized spacial score (nSPS) is 12.3. The van der Waals surface area contributed by atoms with Crippen LogP contribution in [0.1, 0.15) is 30.2 Å². The second-order valence-electron chi connectivity index (χ2n) is 5.69. The van der Waals surface area contributed by atoms with Gasteiger partial charge in [0.2, 0.25) is 0 Å². The zero-order chi connectivity index (χ0) is 17.3. The van der Waals surface area contributed by atoms with Gasteiger partial charge in [0, 0.05) is 5.69 Å². The molecule has 0 saturated heterocycles. The fourth-order valence-electron chi connectivity index (χ4n) is 2.54. The van der Waals surface area contributed by atoms with Gasteiger partial charge in [-0.15, -0.1) is 0 Å². The number of benzene rings is 1. The molecule has 0 unspecified atom stereocenters. The third-order valence-electron chi connectivity index (χ3n) is 3.71. The van der Waals surface area contributed by atoms with E-state index < -0.39 is 12.1 Å². The van der Waals surface area contributed by atoms with Gasteiger partial charge in [0.1, 0.15) is 6.54 Å². The van der Waals surface area contributed by atoms with Gasteiger partial charge in [0.15, 0.2) is 11.9 Å². The van der Waals surface area contributed by atoms with E-state index in [1.807, 2.05) is 19.9 Å². The van der Waals surface area contributed by atoms with Crippen molar-refractivity contribution in [3.8, 4) is 0 Å². The van der Waals surface area contributed by atoms with E-state index in [1.165, 1.54) is 0 Å². The van der Waals surface area contributed by atoms with Crippen molar-refractivity contribution in [3.05, 3.63) is 57.9 Å². The van der Waals surface area contributed by atoms with Gasteiger partial charge in [0.25, 0.3) is 5.56 Å². The van der Waals surface area contributed by atoms with Crippen molar-refractivity contribution in [3.63, 3.8) is 0 Å². The second kappa shape index (κ2) is 6.27. The highest BCUT2D eigenvalue weighted by Gasteiger charge is 2.16. The monoisotopic (exact) mass is 326 g/mol. The van der Waals surface area contributed by atoms with E-state index in [0.717, 1.165) is 11.4 Å². The maximum Gasteiger partial charge on any atom is 0.328 e. The van der Waals surface area contributed by atoms with E-state index >= 15 is 0 Å². The van der Waals surface area contributed by atoms with Crippen molar-refractivity contribution in [1.82, 2.24) is 19.7 Å². The fraction of sp³-hybridized carbons (Fsp3) is 0.294. The predicted molar refractivity (Wildman–Crippen MR) is 88.6 cm³/mol. The number of aromatic nitrogens is 4. The molecule has 0 aliphatic heterocycles. The number of aryl methyl sites for hydroxylation is 2. The molecule has 0 saturated carbocycles. The van der Waals surface area contributed by atoms with Crippen LogP contribution in [0.4, 0.5) is 0 Å². The molecule has 1 aromatic carbocycles. The Morgan fingerprint density at radius 2 is 2.08 bits per heavy atom. The quantitative estimate of drug-likeness (QED) is 0.741. The molecule has 0 radical (unpaired) electrons. The van der Waals surface area contributed by atoms with Crippen molar-refractivity contribution in [2.24, 2.45) is 0 Å². The highest BCUT2D eigenvalue weighted by molar-refractivity contribution is 5.77. The summed E-state index contributed by atoms with van der Waals surface area (Å²) in [6, 6.07) is 8.91. The number of hydrogen-bond acceptors (Lipinski definition) is 5. The Hall–Kier alpha value is -2.96. The number of rotatable bonds is 4. The number of aromatic amines is 1. The molecule has 0 spiro atoms. The number of H-pyrrole nitrogens is 1. The molecular formula is C17H18N4O3. The van der Waals surface area contributed by atoms with Crippen molar-refractivity contribution < 1.29 is 9.53 Å². The number of esters is 1. The Morgan fingerprint density at radius 1 is 1.33 bits per heavy atom. The van der Waals surface area contributed by atoms with Crippen molar-refractivity contribution in [1.29, 1.82) is 0 Å². The highest BCUT2D eigenvalue weighted by Crippen LogP contribution is 2.15. The number of nitrogens with one attached hydrogen (secondary N) is 1. The van der Waals surface area contributed by atoms with E-state index in [4.69, 9.17) is 4.74 Å². The molecule has 3 rings (SSSR count). The zero-order valence-corrected chi connectivity index (χ0v) is 13.7. The molecule has 0 amide bonds. The molecule has 2 aromatic heterocycles. The Balaban J connectivity index is 1.77. The molecule has 124 valence electrons. The molecule has 3 aromatic rings. The number of nitrogens with zero attached hydrogens (tertiary/aromatic N) is 3. The number of carbonyl (C=O) groups excluding carboxylic acids is 1. The highest BCUT2D eigenvalue weighted by atomic mass is 16.5. The summed E-state index contributed by atoms with van der Waals surface area (Å²) >= 11 is 0. The maximum absolute atomic E-state index is 12.1. The third kappa shape index (κ3) is 3.19. The van der Waals surface area contributed by atoms with Crippen LogP contribution in [0.25, 0.3) is 10.9 Å². The minimum Gasteiger partial charge on any atom is -0.453 e. The first kappa shape index (κ1) is 15.9. The van der Waals surface area contributed by atoms with Crippen LogP contribution in [0.2, 0.25) is 0 Å². The fourth-order valence-corrected chi connectivity index (χ4v) is 2.54. The van der Waals surface area contributed by atoms with Crippen molar-refractivity contribution >= 4 is 16.9 Å². The molecular weight excluding hydrogens is 308 g/mol. The summed E-state index contributed by atoms with van der Waals surface area (Å²) in [5.41, 5.74) is 2.04. The Kier molecular flexibility index (Phi) is 4.16. The number of carbonyl (C=O) groups is 1. The lowest BCUT2D eigenvalue weighted by atomic mass is 10.2. The lowest BCUT2D eigenvalue weighted by molar-refractivity contribution is -0.150. The first-order valence-electron chi connectivity index (χ1n) is 7.63. The average Bonchev–Trinajstić information content (AvgIpc) is 2.84. The van der Waals surface area contributed by atoms with Gasteiger partial charge in [-0.25, -0.2) is 4.98 Å². The van der Waals surface area contributed by atoms with E-state index in [2.05, 4.69) is 15.1 Å². The molecule has 0 aliphatic rings. The largest absolute Gasteiger partial charge is 0.453 e. The number of ether oxygens (including phenoxy) is 1. The molecule has 7 nitrogen and oxygen atoms in total. The van der Waals surface area contributed by atoms with Crippen LogP contribution >= 0.6 is 0 Å². The van der Waals surface area contributed by atoms with Gasteiger partial charge in [-0.2, -0.15) is 5.10 Å². The Bertz CT molecular complexity index is 958. The van der Waals surface area contributed by atoms with Crippen molar-refractivity contribution in [2.75, 3.05) is 0 Å². The van der Waals surface area contributed by atoms with Crippen LogP contribution in [-0.4, -0.2) is 25.7 Å². The summed E-state index contributed by atoms with van der Waals surface area (Å²) in [6.07, 6.45) is -0.660. The van der Waals surface area contributed by atoms with Crippen molar-refractivity contribution in [2.45, 2.75) is 33.4 Å². The second-order valence-corrected chi connectivity index (χ2v) is 5.69. The topological polar surface area (TPSA) is 89.9 Å². The SMILES string of the molecule is Cc1cc(C)n(CC(=O)O[C@H](C)c2nc3ccccc3c(=O)[nH]2)n1. The summed E-state index contributed by atoms with van der Waals surface area (Å²) in [7, 11) is 0. The van der Waals surface area contributed by atoms with Gasteiger partial charge in [-0.1, -0.05) is 12.1 Å². The Morgan fingerprint density at radius 3 is 2.79 bits per heavy atom. The number of hydrogen-bond donors (Lipinski definition) is 1. The first-order chi connectivity index (χ1) is 11.4. The number of para-hydroxylation sites is 1. The van der Waals surface area contributed by atoms with E-state index in [0.29, 0.717) is 16.7 Å². The first-order valence-corrected chi connectivity index (χ1v) is 7.63. The molecule has 1 N–H and O–H groups in total. The minimum absolute atomic E-state index is 0.0157. The van der Waals surface area contributed by atoms with Crippen LogP contribution in [0.5, 0.6) is 0 Å². The molecule has 2 heterocycles. The predicted octanol–water partition coefficient (Wildman–Crippen LogP) is 2.04. The third-order valence-corrected chi connectivity index (χ3v) is 3.71. The summed E-state index contributed by atoms with van der Waals surface area (Å²) in [4.78, 5) is 31.2. The molecule has 7 heteroatoms. The Labute approximate surface area is 138 Å².